The lowest BCUT2D eigenvalue weighted by atomic mass is 9.77. The smallest absolute Gasteiger partial charge is 0.178 e. The summed E-state index contributed by atoms with van der Waals surface area (Å²) in [5.41, 5.74) is 7.30. The lowest BCUT2D eigenvalue weighted by Gasteiger charge is -2.38. The van der Waals surface area contributed by atoms with E-state index in [1.807, 2.05) is 84.9 Å². The summed E-state index contributed by atoms with van der Waals surface area (Å²) in [5.74, 6) is 4.02. The summed E-state index contributed by atoms with van der Waals surface area (Å²) in [6.07, 6.45) is 4.52. The number of hydrogen-bond acceptors (Lipinski definition) is 3. The van der Waals surface area contributed by atoms with Gasteiger partial charge in [0.1, 0.15) is 28.7 Å². The molecule has 9 rings (SSSR count). The van der Waals surface area contributed by atoms with Crippen molar-refractivity contribution in [2.45, 2.75) is 24.9 Å². The van der Waals surface area contributed by atoms with E-state index in [4.69, 9.17) is 14.2 Å². The van der Waals surface area contributed by atoms with Gasteiger partial charge >= 0.3 is 0 Å². The number of hydrogen-bond donors (Lipinski definition) is 0. The van der Waals surface area contributed by atoms with E-state index in [9.17, 15) is 0 Å². The molecule has 1 heterocycles. The maximum Gasteiger partial charge on any atom is 0.178 e. The number of para-hydroxylation sites is 2. The summed E-state index contributed by atoms with van der Waals surface area (Å²) in [4.78, 5) is 0. The minimum Gasteiger partial charge on any atom is -0.472 e. The molecule has 0 saturated heterocycles. The van der Waals surface area contributed by atoms with Crippen LogP contribution in [0.1, 0.15) is 41.7 Å². The molecule has 0 amide bonds. The van der Waals surface area contributed by atoms with Crippen LogP contribution in [0.5, 0.6) is 28.7 Å². The Bertz CT molecular complexity index is 2270. The average Bonchev–Trinajstić information content (AvgIpc) is 3.40. The van der Waals surface area contributed by atoms with Crippen LogP contribution in [0.4, 0.5) is 0 Å². The zero-order valence-corrected chi connectivity index (χ0v) is 27.4. The first-order valence-corrected chi connectivity index (χ1v) is 16.8. The average molecular weight is 635 g/mol. The van der Waals surface area contributed by atoms with Gasteiger partial charge in [-0.2, -0.15) is 0 Å². The summed E-state index contributed by atoms with van der Waals surface area (Å²) in [7, 11) is 0. The second-order valence-corrected chi connectivity index (χ2v) is 13.3. The van der Waals surface area contributed by atoms with Crippen molar-refractivity contribution in [2.75, 3.05) is 0 Å². The Morgan fingerprint density at radius 3 is 1.57 bits per heavy atom. The van der Waals surface area contributed by atoms with Crippen LogP contribution in [0.3, 0.4) is 0 Å². The van der Waals surface area contributed by atoms with E-state index in [2.05, 4.69) is 98.8 Å². The molecule has 236 valence electrons. The van der Waals surface area contributed by atoms with E-state index < -0.39 is 5.60 Å². The van der Waals surface area contributed by atoms with Crippen LogP contribution in [0.15, 0.2) is 164 Å². The van der Waals surface area contributed by atoms with Gasteiger partial charge in [-0.3, -0.25) is 0 Å². The number of ether oxygens (including phenoxy) is 3. The van der Waals surface area contributed by atoms with E-state index in [1.54, 1.807) is 0 Å². The van der Waals surface area contributed by atoms with Crippen LogP contribution in [0, 0.1) is 0 Å². The van der Waals surface area contributed by atoms with Gasteiger partial charge in [-0.1, -0.05) is 129 Å². The van der Waals surface area contributed by atoms with Gasteiger partial charge in [-0.25, -0.2) is 0 Å². The summed E-state index contributed by atoms with van der Waals surface area (Å²) >= 11 is 0. The SMILES string of the molecule is CC1(C)c2ccccc2-c2c1c1c(c3ccccc23)OC(c2ccc(Oc3ccccc3)cc2)(c2ccc(Oc3ccccc3)cc2)C=C1. The highest BCUT2D eigenvalue weighted by atomic mass is 16.5. The Labute approximate surface area is 286 Å². The molecule has 1 aliphatic heterocycles. The molecule has 7 aromatic carbocycles. The second kappa shape index (κ2) is 11.3. The van der Waals surface area contributed by atoms with Gasteiger partial charge < -0.3 is 14.2 Å². The van der Waals surface area contributed by atoms with Crippen LogP contribution in [0.25, 0.3) is 28.0 Å². The van der Waals surface area contributed by atoms with Crippen LogP contribution in [-0.2, 0) is 11.0 Å². The minimum atomic E-state index is -0.907. The minimum absolute atomic E-state index is 0.194. The Balaban J connectivity index is 1.20. The van der Waals surface area contributed by atoms with E-state index in [0.717, 1.165) is 50.8 Å². The first-order chi connectivity index (χ1) is 24.0. The first kappa shape index (κ1) is 29.1. The van der Waals surface area contributed by atoms with Gasteiger partial charge in [0.15, 0.2) is 5.60 Å². The standard InChI is InChI=1S/C46H34O3/c1-45(2)41-20-12-11-19-39(41)42-37-17-9-10-18-38(37)44-40(43(42)45)29-30-46(49-44,31-21-25-35(26-22-31)47-33-13-5-3-6-14-33)32-23-27-36(28-24-32)48-34-15-7-4-8-16-34/h3-30H,1-2H3. The summed E-state index contributed by atoms with van der Waals surface area (Å²) in [6, 6.07) is 53.7. The van der Waals surface area contributed by atoms with Crippen molar-refractivity contribution < 1.29 is 14.2 Å². The van der Waals surface area contributed by atoms with Crippen molar-refractivity contribution in [2.24, 2.45) is 0 Å². The van der Waals surface area contributed by atoms with Gasteiger partial charge in [0.25, 0.3) is 0 Å². The zero-order valence-electron chi connectivity index (χ0n) is 27.4. The predicted octanol–water partition coefficient (Wildman–Crippen LogP) is 12.1. The zero-order chi connectivity index (χ0) is 33.0. The first-order valence-electron chi connectivity index (χ1n) is 16.8. The van der Waals surface area contributed by atoms with Crippen molar-refractivity contribution in [1.82, 2.24) is 0 Å². The van der Waals surface area contributed by atoms with Crippen LogP contribution < -0.4 is 14.2 Å². The molecule has 2 aliphatic rings. The number of rotatable bonds is 6. The fourth-order valence-corrected chi connectivity index (χ4v) is 7.67. The molecule has 0 aromatic heterocycles. The Morgan fingerprint density at radius 1 is 0.490 bits per heavy atom. The van der Waals surface area contributed by atoms with Crippen molar-refractivity contribution in [3.63, 3.8) is 0 Å². The third kappa shape index (κ3) is 4.73. The molecule has 0 spiro atoms. The molecule has 0 unspecified atom stereocenters. The van der Waals surface area contributed by atoms with Crippen molar-refractivity contribution in [1.29, 1.82) is 0 Å². The van der Waals surface area contributed by atoms with E-state index >= 15 is 0 Å². The summed E-state index contributed by atoms with van der Waals surface area (Å²) in [6.45, 7) is 4.67. The Kier molecular flexibility index (Phi) is 6.70. The van der Waals surface area contributed by atoms with Gasteiger partial charge in [0.05, 0.1) is 0 Å². The molecule has 0 bridgehead atoms. The molecule has 49 heavy (non-hydrogen) atoms. The Morgan fingerprint density at radius 2 is 0.980 bits per heavy atom. The highest BCUT2D eigenvalue weighted by Crippen LogP contribution is 2.58. The van der Waals surface area contributed by atoms with E-state index in [1.165, 1.54) is 27.6 Å². The van der Waals surface area contributed by atoms with Gasteiger partial charge in [0, 0.05) is 27.5 Å². The molecule has 0 N–H and O–H groups in total. The Hall–Kier alpha value is -6.06. The highest BCUT2D eigenvalue weighted by Gasteiger charge is 2.44. The summed E-state index contributed by atoms with van der Waals surface area (Å²) in [5, 5.41) is 2.31. The molecule has 3 heteroatoms. The normalized spacial score (nSPS) is 14.7. The van der Waals surface area contributed by atoms with E-state index in [-0.39, 0.29) is 5.41 Å². The lowest BCUT2D eigenvalue weighted by molar-refractivity contribution is 0.163. The molecular formula is C46H34O3. The summed E-state index contributed by atoms with van der Waals surface area (Å²) < 4.78 is 19.8. The molecule has 0 fully saturated rings. The molecule has 0 saturated carbocycles. The monoisotopic (exact) mass is 634 g/mol. The third-order valence-corrected chi connectivity index (χ3v) is 9.97. The molecule has 3 nitrogen and oxygen atoms in total. The molecular weight excluding hydrogens is 601 g/mol. The fourth-order valence-electron chi connectivity index (χ4n) is 7.67. The number of benzene rings is 7. The van der Waals surface area contributed by atoms with Crippen LogP contribution in [0.2, 0.25) is 0 Å². The molecule has 1 aliphatic carbocycles. The van der Waals surface area contributed by atoms with Gasteiger partial charge in [0.2, 0.25) is 0 Å². The van der Waals surface area contributed by atoms with Crippen molar-refractivity contribution in [3.8, 4) is 39.9 Å². The highest BCUT2D eigenvalue weighted by molar-refractivity contribution is 6.08. The topological polar surface area (TPSA) is 27.7 Å². The van der Waals surface area contributed by atoms with Crippen LogP contribution in [-0.4, -0.2) is 0 Å². The van der Waals surface area contributed by atoms with Gasteiger partial charge in [-0.15, -0.1) is 0 Å². The van der Waals surface area contributed by atoms with Gasteiger partial charge in [-0.05, 0) is 82.2 Å². The largest absolute Gasteiger partial charge is 0.472 e. The molecule has 7 aromatic rings. The molecule has 0 atom stereocenters. The third-order valence-electron chi connectivity index (χ3n) is 9.97. The lowest BCUT2D eigenvalue weighted by Crippen LogP contribution is -2.35. The predicted molar refractivity (Wildman–Crippen MR) is 198 cm³/mol. The van der Waals surface area contributed by atoms with Crippen molar-refractivity contribution >= 4 is 16.8 Å². The van der Waals surface area contributed by atoms with E-state index in [0.29, 0.717) is 0 Å². The maximum absolute atomic E-state index is 7.47. The van der Waals surface area contributed by atoms with Crippen molar-refractivity contribution in [3.05, 3.63) is 192 Å². The number of fused-ring (bicyclic) bond motifs is 8. The second-order valence-electron chi connectivity index (χ2n) is 13.3. The molecule has 0 radical (unpaired) electrons. The quantitative estimate of drug-likeness (QED) is 0.182. The maximum atomic E-state index is 7.47. The fraction of sp³-hybridized carbons (Fsp3) is 0.0870. The van der Waals surface area contributed by atoms with Crippen LogP contribution >= 0.6 is 0 Å².